The molecule has 4 heteroatoms. The number of hydrogen-bond acceptors (Lipinski definition) is 2. The van der Waals surface area contributed by atoms with Crippen LogP contribution in [0, 0.1) is 0 Å². The van der Waals surface area contributed by atoms with E-state index in [0.717, 1.165) is 20.7 Å². The molecule has 1 aromatic carbocycles. The molecule has 0 bridgehead atoms. The summed E-state index contributed by atoms with van der Waals surface area (Å²) in [5.41, 5.74) is 1.13. The van der Waals surface area contributed by atoms with Crippen LogP contribution in [0.3, 0.4) is 0 Å². The van der Waals surface area contributed by atoms with Crippen LogP contribution in [0.5, 0.6) is 0 Å². The summed E-state index contributed by atoms with van der Waals surface area (Å²) in [6, 6.07) is 7.84. The van der Waals surface area contributed by atoms with Crippen LogP contribution in [0.2, 0.25) is 5.02 Å². The second-order valence-electron chi connectivity index (χ2n) is 3.04. The highest BCUT2D eigenvalue weighted by molar-refractivity contribution is 8.22. The average Bonchev–Trinajstić information content (AvgIpc) is 2.16. The molecular weight excluding hydrogens is 234 g/mol. The van der Waals surface area contributed by atoms with Gasteiger partial charge in [0.25, 0.3) is 0 Å². The fourth-order valence-electron chi connectivity index (χ4n) is 0.884. The van der Waals surface area contributed by atoms with Crippen LogP contribution in [0.25, 0.3) is 0 Å². The van der Waals surface area contributed by atoms with Crippen molar-refractivity contribution in [3.8, 4) is 0 Å². The first-order valence-electron chi connectivity index (χ1n) is 4.18. The van der Waals surface area contributed by atoms with Crippen LogP contribution in [0.15, 0.2) is 24.3 Å². The van der Waals surface area contributed by atoms with Crippen molar-refractivity contribution in [3.05, 3.63) is 34.9 Å². The van der Waals surface area contributed by atoms with Crippen LogP contribution in [-0.4, -0.2) is 23.3 Å². The van der Waals surface area contributed by atoms with Crippen molar-refractivity contribution in [2.24, 2.45) is 0 Å². The molecule has 14 heavy (non-hydrogen) atoms. The molecule has 0 radical (unpaired) electrons. The third-order valence-electron chi connectivity index (χ3n) is 1.67. The van der Waals surface area contributed by atoms with Gasteiger partial charge in [0.1, 0.15) is 4.32 Å². The van der Waals surface area contributed by atoms with E-state index >= 15 is 0 Å². The summed E-state index contributed by atoms with van der Waals surface area (Å²) < 4.78 is 0.880. The van der Waals surface area contributed by atoms with Gasteiger partial charge in [-0.3, -0.25) is 0 Å². The molecule has 0 fully saturated rings. The molecule has 0 aromatic heterocycles. The van der Waals surface area contributed by atoms with Crippen LogP contribution in [0.4, 0.5) is 0 Å². The minimum absolute atomic E-state index is 0.807. The maximum absolute atomic E-state index is 6.02. The second-order valence-corrected chi connectivity index (χ2v) is 5.06. The Morgan fingerprint density at radius 3 is 2.64 bits per heavy atom. The maximum Gasteiger partial charge on any atom is 0.136 e. The SMILES string of the molecule is CN(C)C(=S)SCc1ccccc1Cl. The van der Waals surface area contributed by atoms with Gasteiger partial charge >= 0.3 is 0 Å². The largest absolute Gasteiger partial charge is 0.364 e. The Kier molecular flexibility index (Phi) is 4.72. The fourth-order valence-corrected chi connectivity index (χ4v) is 2.13. The van der Waals surface area contributed by atoms with Gasteiger partial charge in [0.15, 0.2) is 0 Å². The highest BCUT2D eigenvalue weighted by atomic mass is 35.5. The normalized spacial score (nSPS) is 9.93. The molecule has 1 nitrogen and oxygen atoms in total. The first-order valence-corrected chi connectivity index (χ1v) is 5.96. The Hall–Kier alpha value is -0.250. The molecule has 0 unspecified atom stereocenters. The zero-order valence-electron chi connectivity index (χ0n) is 8.16. The molecule has 0 atom stereocenters. The van der Waals surface area contributed by atoms with Crippen molar-refractivity contribution in [1.82, 2.24) is 4.90 Å². The number of hydrogen-bond donors (Lipinski definition) is 0. The lowest BCUT2D eigenvalue weighted by Crippen LogP contribution is -2.16. The van der Waals surface area contributed by atoms with Crippen molar-refractivity contribution in [1.29, 1.82) is 0 Å². The van der Waals surface area contributed by atoms with Crippen molar-refractivity contribution < 1.29 is 0 Å². The van der Waals surface area contributed by atoms with Gasteiger partial charge in [-0.1, -0.05) is 53.8 Å². The van der Waals surface area contributed by atoms with E-state index in [4.69, 9.17) is 23.8 Å². The first kappa shape index (κ1) is 11.8. The van der Waals surface area contributed by atoms with E-state index in [2.05, 4.69) is 0 Å². The number of rotatable bonds is 2. The molecule has 0 saturated heterocycles. The Morgan fingerprint density at radius 1 is 1.43 bits per heavy atom. The number of thiocarbonyl (C=S) groups is 1. The fraction of sp³-hybridized carbons (Fsp3) is 0.300. The van der Waals surface area contributed by atoms with Crippen molar-refractivity contribution in [2.75, 3.05) is 14.1 Å². The maximum atomic E-state index is 6.02. The van der Waals surface area contributed by atoms with Crippen LogP contribution >= 0.6 is 35.6 Å². The molecule has 1 rings (SSSR count). The van der Waals surface area contributed by atoms with E-state index in [1.165, 1.54) is 0 Å². The molecule has 0 aliphatic heterocycles. The number of thioether (sulfide) groups is 1. The Balaban J connectivity index is 2.54. The molecule has 76 valence electrons. The summed E-state index contributed by atoms with van der Waals surface area (Å²) >= 11 is 12.8. The standard InChI is InChI=1S/C10H12ClNS2/c1-12(2)10(13)14-7-8-5-3-4-6-9(8)11/h3-6H,7H2,1-2H3. The van der Waals surface area contributed by atoms with E-state index in [1.54, 1.807) is 11.8 Å². The zero-order chi connectivity index (χ0) is 10.6. The van der Waals surface area contributed by atoms with Gasteiger partial charge in [-0.15, -0.1) is 0 Å². The average molecular weight is 246 g/mol. The van der Waals surface area contributed by atoms with E-state index in [9.17, 15) is 0 Å². The molecule has 0 aliphatic rings. The molecule has 0 N–H and O–H groups in total. The van der Waals surface area contributed by atoms with Crippen molar-refractivity contribution in [3.63, 3.8) is 0 Å². The molecular formula is C10H12ClNS2. The summed E-state index contributed by atoms with van der Waals surface area (Å²) in [6.45, 7) is 0. The Labute approximate surface area is 99.4 Å². The summed E-state index contributed by atoms with van der Waals surface area (Å²) in [6.07, 6.45) is 0. The molecule has 0 saturated carbocycles. The molecule has 0 heterocycles. The van der Waals surface area contributed by atoms with E-state index < -0.39 is 0 Å². The van der Waals surface area contributed by atoms with E-state index in [0.29, 0.717) is 0 Å². The number of halogens is 1. The number of nitrogens with zero attached hydrogens (tertiary/aromatic N) is 1. The van der Waals surface area contributed by atoms with Gasteiger partial charge < -0.3 is 4.90 Å². The van der Waals surface area contributed by atoms with Crippen molar-refractivity contribution in [2.45, 2.75) is 5.75 Å². The third kappa shape index (κ3) is 3.48. The van der Waals surface area contributed by atoms with E-state index in [1.807, 2.05) is 43.3 Å². The summed E-state index contributed by atoms with van der Waals surface area (Å²) in [4.78, 5) is 1.93. The molecule has 0 aliphatic carbocycles. The molecule has 1 aromatic rings. The van der Waals surface area contributed by atoms with Crippen molar-refractivity contribution >= 4 is 39.9 Å². The lowest BCUT2D eigenvalue weighted by atomic mass is 10.2. The minimum atomic E-state index is 0.807. The predicted molar refractivity (Wildman–Crippen MR) is 69.0 cm³/mol. The monoisotopic (exact) mass is 245 g/mol. The van der Waals surface area contributed by atoms with Gasteiger partial charge in [-0.05, 0) is 11.6 Å². The van der Waals surface area contributed by atoms with Gasteiger partial charge in [-0.2, -0.15) is 0 Å². The Bertz CT molecular complexity index is 326. The highest BCUT2D eigenvalue weighted by Crippen LogP contribution is 2.21. The predicted octanol–water partition coefficient (Wildman–Crippen LogP) is 3.42. The van der Waals surface area contributed by atoms with Crippen LogP contribution in [0.1, 0.15) is 5.56 Å². The van der Waals surface area contributed by atoms with Gasteiger partial charge in [0.2, 0.25) is 0 Å². The minimum Gasteiger partial charge on any atom is -0.364 e. The number of benzene rings is 1. The van der Waals surface area contributed by atoms with Crippen LogP contribution < -0.4 is 0 Å². The van der Waals surface area contributed by atoms with Crippen LogP contribution in [-0.2, 0) is 5.75 Å². The summed E-state index contributed by atoms with van der Waals surface area (Å²) in [7, 11) is 3.89. The summed E-state index contributed by atoms with van der Waals surface area (Å²) in [5.74, 6) is 0.830. The Morgan fingerprint density at radius 2 is 2.07 bits per heavy atom. The van der Waals surface area contributed by atoms with E-state index in [-0.39, 0.29) is 0 Å². The highest BCUT2D eigenvalue weighted by Gasteiger charge is 2.03. The quantitative estimate of drug-likeness (QED) is 0.736. The molecule has 0 amide bonds. The van der Waals surface area contributed by atoms with Gasteiger partial charge in [0.05, 0.1) is 0 Å². The first-order chi connectivity index (χ1) is 6.61. The smallest absolute Gasteiger partial charge is 0.136 e. The van der Waals surface area contributed by atoms with Gasteiger partial charge in [0, 0.05) is 24.9 Å². The third-order valence-corrected chi connectivity index (χ3v) is 3.83. The molecule has 0 spiro atoms. The topological polar surface area (TPSA) is 3.24 Å². The lowest BCUT2D eigenvalue weighted by molar-refractivity contribution is 0.648. The van der Waals surface area contributed by atoms with Gasteiger partial charge in [-0.25, -0.2) is 0 Å². The summed E-state index contributed by atoms with van der Waals surface area (Å²) in [5, 5.41) is 0.807. The second kappa shape index (κ2) is 5.59. The lowest BCUT2D eigenvalue weighted by Gasteiger charge is -2.12. The zero-order valence-corrected chi connectivity index (χ0v) is 10.5.